The molecule has 3 nitrogen and oxygen atoms in total. The number of benzene rings is 2. The van der Waals surface area contributed by atoms with Crippen LogP contribution in [0, 0.1) is 0 Å². The molecule has 0 radical (unpaired) electrons. The van der Waals surface area contributed by atoms with Gasteiger partial charge in [-0.3, -0.25) is 4.90 Å². The van der Waals surface area contributed by atoms with Crippen LogP contribution >= 0.6 is 0 Å². The van der Waals surface area contributed by atoms with Crippen molar-refractivity contribution in [1.82, 2.24) is 4.90 Å². The van der Waals surface area contributed by atoms with E-state index in [1.165, 1.54) is 16.7 Å². The molecule has 1 aliphatic rings. The molecule has 0 fully saturated rings. The zero-order chi connectivity index (χ0) is 17.6. The molecule has 3 heteroatoms. The Morgan fingerprint density at radius 3 is 2.68 bits per heavy atom. The molecule has 25 heavy (non-hydrogen) atoms. The minimum Gasteiger partial charge on any atom is -0.489 e. The highest BCUT2D eigenvalue weighted by atomic mass is 16.5. The molecule has 2 atom stereocenters. The number of rotatable bonds is 7. The number of ether oxygens (including phenoxy) is 1. The molecule has 0 aliphatic heterocycles. The number of aliphatic hydroxyl groups excluding tert-OH is 1. The molecule has 0 saturated heterocycles. The van der Waals surface area contributed by atoms with Crippen molar-refractivity contribution in [1.29, 1.82) is 0 Å². The molecule has 0 bridgehead atoms. The summed E-state index contributed by atoms with van der Waals surface area (Å²) in [4.78, 5) is 2.24. The van der Waals surface area contributed by atoms with Crippen LogP contribution < -0.4 is 4.74 Å². The van der Waals surface area contributed by atoms with E-state index < -0.39 is 0 Å². The summed E-state index contributed by atoms with van der Waals surface area (Å²) in [6, 6.07) is 17.1. The molecular weight excluding hydrogens is 310 g/mol. The van der Waals surface area contributed by atoms with E-state index in [1.54, 1.807) is 0 Å². The average molecular weight is 339 g/mol. The van der Waals surface area contributed by atoms with Crippen LogP contribution in [0.5, 0.6) is 5.75 Å². The Kier molecular flexibility index (Phi) is 6.11. The standard InChI is InChI=1S/C22H29NO2/c1-3-14-23(17(2)24)20-12-13-21-19(15-20)10-7-11-22(21)25-16-18-8-5-4-6-9-18/h4-11,17,20,24H,3,12-16H2,1-2H3/t17-,20?/m0/s1. The topological polar surface area (TPSA) is 32.7 Å². The Labute approximate surface area is 151 Å². The van der Waals surface area contributed by atoms with E-state index in [9.17, 15) is 5.11 Å². The van der Waals surface area contributed by atoms with E-state index in [0.29, 0.717) is 12.6 Å². The Morgan fingerprint density at radius 1 is 1.16 bits per heavy atom. The highest BCUT2D eigenvalue weighted by Crippen LogP contribution is 2.32. The lowest BCUT2D eigenvalue weighted by atomic mass is 9.86. The van der Waals surface area contributed by atoms with Crippen molar-refractivity contribution in [2.75, 3.05) is 6.54 Å². The van der Waals surface area contributed by atoms with Crippen molar-refractivity contribution in [3.63, 3.8) is 0 Å². The van der Waals surface area contributed by atoms with E-state index in [0.717, 1.165) is 38.0 Å². The molecule has 1 N–H and O–H groups in total. The third-order valence-electron chi connectivity index (χ3n) is 5.08. The van der Waals surface area contributed by atoms with Crippen LogP contribution in [-0.2, 0) is 19.4 Å². The summed E-state index contributed by atoms with van der Waals surface area (Å²) in [7, 11) is 0. The van der Waals surface area contributed by atoms with Gasteiger partial charge >= 0.3 is 0 Å². The Morgan fingerprint density at radius 2 is 1.96 bits per heavy atom. The first-order valence-corrected chi connectivity index (χ1v) is 9.40. The van der Waals surface area contributed by atoms with Gasteiger partial charge in [-0.25, -0.2) is 0 Å². The van der Waals surface area contributed by atoms with Gasteiger partial charge in [-0.15, -0.1) is 0 Å². The van der Waals surface area contributed by atoms with E-state index in [4.69, 9.17) is 4.74 Å². The Bertz CT molecular complexity index is 669. The number of aliphatic hydroxyl groups is 1. The van der Waals surface area contributed by atoms with Gasteiger partial charge in [0, 0.05) is 12.6 Å². The molecule has 0 saturated carbocycles. The molecule has 1 unspecified atom stereocenters. The van der Waals surface area contributed by atoms with Crippen molar-refractivity contribution in [2.45, 2.75) is 58.4 Å². The highest BCUT2D eigenvalue weighted by Gasteiger charge is 2.27. The molecule has 0 aromatic heterocycles. The predicted molar refractivity (Wildman–Crippen MR) is 102 cm³/mol. The van der Waals surface area contributed by atoms with Crippen molar-refractivity contribution >= 4 is 0 Å². The quantitative estimate of drug-likeness (QED) is 0.768. The van der Waals surface area contributed by atoms with Crippen LogP contribution in [0.4, 0.5) is 0 Å². The first-order valence-electron chi connectivity index (χ1n) is 9.40. The van der Waals surface area contributed by atoms with Gasteiger partial charge < -0.3 is 9.84 Å². The summed E-state index contributed by atoms with van der Waals surface area (Å²) < 4.78 is 6.12. The second-order valence-electron chi connectivity index (χ2n) is 6.93. The van der Waals surface area contributed by atoms with Crippen LogP contribution in [0.2, 0.25) is 0 Å². The fourth-order valence-electron chi connectivity index (χ4n) is 3.84. The molecule has 3 rings (SSSR count). The van der Waals surface area contributed by atoms with Gasteiger partial charge in [0.1, 0.15) is 18.6 Å². The maximum Gasteiger partial charge on any atom is 0.123 e. The van der Waals surface area contributed by atoms with Gasteiger partial charge in [0.25, 0.3) is 0 Å². The van der Waals surface area contributed by atoms with Gasteiger partial charge in [-0.05, 0) is 55.4 Å². The van der Waals surface area contributed by atoms with Gasteiger partial charge in [0.2, 0.25) is 0 Å². The fraction of sp³-hybridized carbons (Fsp3) is 0.455. The molecular formula is C22H29NO2. The first-order chi connectivity index (χ1) is 12.2. The number of hydrogen-bond donors (Lipinski definition) is 1. The molecule has 0 heterocycles. The number of hydrogen-bond acceptors (Lipinski definition) is 3. The monoisotopic (exact) mass is 339 g/mol. The van der Waals surface area contributed by atoms with Crippen LogP contribution in [0.15, 0.2) is 48.5 Å². The highest BCUT2D eigenvalue weighted by molar-refractivity contribution is 5.42. The normalized spacial score (nSPS) is 18.0. The van der Waals surface area contributed by atoms with E-state index in [1.807, 2.05) is 25.1 Å². The third kappa shape index (κ3) is 4.42. The summed E-state index contributed by atoms with van der Waals surface area (Å²) in [5, 5.41) is 10.1. The van der Waals surface area contributed by atoms with Crippen LogP contribution in [-0.4, -0.2) is 28.8 Å². The first kappa shape index (κ1) is 18.0. The van der Waals surface area contributed by atoms with Crippen LogP contribution in [0.25, 0.3) is 0 Å². The summed E-state index contributed by atoms with van der Waals surface area (Å²) in [5.74, 6) is 1.01. The minimum atomic E-state index is -0.385. The zero-order valence-corrected chi connectivity index (χ0v) is 15.3. The lowest BCUT2D eigenvalue weighted by molar-refractivity contribution is -0.0156. The third-order valence-corrected chi connectivity index (χ3v) is 5.08. The van der Waals surface area contributed by atoms with Crippen LogP contribution in [0.1, 0.15) is 43.4 Å². The number of fused-ring (bicyclic) bond motifs is 1. The van der Waals surface area contributed by atoms with Gasteiger partial charge in [0.05, 0.1) is 0 Å². The summed E-state index contributed by atoms with van der Waals surface area (Å²) in [6.45, 7) is 5.60. The Balaban J connectivity index is 1.71. The largest absolute Gasteiger partial charge is 0.489 e. The molecule has 1 aliphatic carbocycles. The molecule has 0 amide bonds. The summed E-state index contributed by atoms with van der Waals surface area (Å²) >= 11 is 0. The van der Waals surface area contributed by atoms with Gasteiger partial charge in [-0.2, -0.15) is 0 Å². The lowest BCUT2D eigenvalue weighted by Gasteiger charge is -2.37. The number of nitrogens with zero attached hydrogens (tertiary/aromatic N) is 1. The maximum absolute atomic E-state index is 10.1. The second kappa shape index (κ2) is 8.50. The van der Waals surface area contributed by atoms with Crippen molar-refractivity contribution < 1.29 is 9.84 Å². The van der Waals surface area contributed by atoms with E-state index in [2.05, 4.69) is 42.2 Å². The summed E-state index contributed by atoms with van der Waals surface area (Å²) in [6.07, 6.45) is 3.75. The smallest absolute Gasteiger partial charge is 0.123 e. The van der Waals surface area contributed by atoms with Crippen LogP contribution in [0.3, 0.4) is 0 Å². The molecule has 2 aromatic carbocycles. The van der Waals surface area contributed by atoms with Crippen molar-refractivity contribution in [3.8, 4) is 5.75 Å². The zero-order valence-electron chi connectivity index (χ0n) is 15.3. The van der Waals surface area contributed by atoms with Gasteiger partial charge in [0.15, 0.2) is 0 Å². The van der Waals surface area contributed by atoms with E-state index >= 15 is 0 Å². The molecule has 0 spiro atoms. The Hall–Kier alpha value is -1.84. The van der Waals surface area contributed by atoms with Crippen molar-refractivity contribution in [2.24, 2.45) is 0 Å². The second-order valence-corrected chi connectivity index (χ2v) is 6.93. The SMILES string of the molecule is CCCN(C1CCc2c(cccc2OCc2ccccc2)C1)[C@H](C)O. The summed E-state index contributed by atoms with van der Waals surface area (Å²) in [5.41, 5.74) is 3.90. The maximum atomic E-state index is 10.1. The lowest BCUT2D eigenvalue weighted by Crippen LogP contribution is -2.45. The van der Waals surface area contributed by atoms with E-state index in [-0.39, 0.29) is 6.23 Å². The molecule has 2 aromatic rings. The fourth-order valence-corrected chi connectivity index (χ4v) is 3.84. The molecule has 134 valence electrons. The minimum absolute atomic E-state index is 0.385. The predicted octanol–water partition coefficient (Wildman–Crippen LogP) is 4.17. The average Bonchev–Trinajstić information content (AvgIpc) is 2.64. The van der Waals surface area contributed by atoms with Gasteiger partial charge in [-0.1, -0.05) is 49.4 Å². The van der Waals surface area contributed by atoms with Crippen molar-refractivity contribution in [3.05, 3.63) is 65.2 Å².